The summed E-state index contributed by atoms with van der Waals surface area (Å²) in [5.74, 6) is 1.56. The van der Waals surface area contributed by atoms with E-state index in [1.165, 1.54) is 0 Å². The minimum Gasteiger partial charge on any atom is -0.454 e. The average molecular weight is 384 g/mol. The maximum Gasteiger partial charge on any atom is 0.231 e. The molecule has 0 aliphatic carbocycles. The quantitative estimate of drug-likeness (QED) is 0.721. The number of nitrogens with zero attached hydrogens (tertiary/aromatic N) is 2. The molecular formula is C17H24N2O6S. The highest BCUT2D eigenvalue weighted by atomic mass is 32.2. The van der Waals surface area contributed by atoms with Crippen molar-refractivity contribution in [2.75, 3.05) is 52.5 Å². The minimum absolute atomic E-state index is 0.0336. The van der Waals surface area contributed by atoms with Crippen molar-refractivity contribution in [1.29, 1.82) is 0 Å². The lowest BCUT2D eigenvalue weighted by Crippen LogP contribution is -2.47. The fourth-order valence-electron chi connectivity index (χ4n) is 3.81. The van der Waals surface area contributed by atoms with Crippen molar-refractivity contribution in [3.05, 3.63) is 23.8 Å². The van der Waals surface area contributed by atoms with Crippen molar-refractivity contribution in [3.63, 3.8) is 0 Å². The van der Waals surface area contributed by atoms with Gasteiger partial charge in [-0.05, 0) is 17.7 Å². The van der Waals surface area contributed by atoms with Crippen LogP contribution in [0.15, 0.2) is 18.2 Å². The van der Waals surface area contributed by atoms with E-state index in [9.17, 15) is 8.42 Å². The molecule has 3 aliphatic rings. The maximum absolute atomic E-state index is 12.6. The molecule has 3 heterocycles. The summed E-state index contributed by atoms with van der Waals surface area (Å²) in [6.45, 7) is 3.30. The summed E-state index contributed by atoms with van der Waals surface area (Å²) in [5, 5.41) is 0. The summed E-state index contributed by atoms with van der Waals surface area (Å²) in [7, 11) is -1.74. The van der Waals surface area contributed by atoms with E-state index in [4.69, 9.17) is 18.9 Å². The number of rotatable bonds is 5. The Morgan fingerprint density at radius 3 is 2.92 bits per heavy atom. The Bertz CT molecular complexity index is 756. The van der Waals surface area contributed by atoms with Gasteiger partial charge in [0.25, 0.3) is 0 Å². The number of hydrogen-bond donors (Lipinski definition) is 0. The van der Waals surface area contributed by atoms with Crippen LogP contribution in [0.1, 0.15) is 5.56 Å². The van der Waals surface area contributed by atoms with Crippen molar-refractivity contribution in [2.24, 2.45) is 0 Å². The van der Waals surface area contributed by atoms with Gasteiger partial charge in [-0.3, -0.25) is 4.90 Å². The summed E-state index contributed by atoms with van der Waals surface area (Å²) in [6.07, 6.45) is -0.113. The molecule has 8 nitrogen and oxygen atoms in total. The number of hydrogen-bond acceptors (Lipinski definition) is 7. The molecule has 0 bridgehead atoms. The number of ether oxygens (including phenoxy) is 4. The molecule has 2 fully saturated rings. The highest BCUT2D eigenvalue weighted by Gasteiger charge is 2.44. The molecule has 26 heavy (non-hydrogen) atoms. The van der Waals surface area contributed by atoms with E-state index in [2.05, 4.69) is 4.90 Å². The molecule has 144 valence electrons. The molecule has 0 spiro atoms. The third-order valence-electron chi connectivity index (χ3n) is 5.07. The van der Waals surface area contributed by atoms with Crippen LogP contribution in [0.4, 0.5) is 0 Å². The van der Waals surface area contributed by atoms with Crippen molar-refractivity contribution in [2.45, 2.75) is 18.7 Å². The lowest BCUT2D eigenvalue weighted by atomic mass is 10.2. The summed E-state index contributed by atoms with van der Waals surface area (Å²) >= 11 is 0. The summed E-state index contributed by atoms with van der Waals surface area (Å²) in [5.41, 5.74) is 1.11. The zero-order valence-corrected chi connectivity index (χ0v) is 15.6. The second-order valence-electron chi connectivity index (χ2n) is 6.78. The molecule has 9 heteroatoms. The van der Waals surface area contributed by atoms with Gasteiger partial charge >= 0.3 is 0 Å². The molecule has 0 unspecified atom stereocenters. The first-order valence-corrected chi connectivity index (χ1v) is 10.4. The molecule has 2 atom stereocenters. The molecule has 3 aliphatic heterocycles. The van der Waals surface area contributed by atoms with Crippen LogP contribution in [0, 0.1) is 0 Å². The minimum atomic E-state index is -3.33. The Morgan fingerprint density at radius 2 is 2.08 bits per heavy atom. The van der Waals surface area contributed by atoms with Gasteiger partial charge in [-0.25, -0.2) is 8.42 Å². The van der Waals surface area contributed by atoms with Crippen LogP contribution in [0.3, 0.4) is 0 Å². The van der Waals surface area contributed by atoms with Crippen molar-refractivity contribution < 1.29 is 27.4 Å². The smallest absolute Gasteiger partial charge is 0.231 e. The molecule has 4 rings (SSSR count). The van der Waals surface area contributed by atoms with E-state index in [1.807, 2.05) is 18.2 Å². The maximum atomic E-state index is 12.6. The molecule has 0 saturated carbocycles. The molecule has 0 amide bonds. The predicted molar refractivity (Wildman–Crippen MR) is 93.7 cm³/mol. The van der Waals surface area contributed by atoms with E-state index in [0.29, 0.717) is 32.8 Å². The van der Waals surface area contributed by atoms with E-state index in [1.54, 1.807) is 11.4 Å². The zero-order chi connectivity index (χ0) is 18.1. The van der Waals surface area contributed by atoms with Crippen LogP contribution < -0.4 is 9.47 Å². The highest BCUT2D eigenvalue weighted by Crippen LogP contribution is 2.33. The van der Waals surface area contributed by atoms with Gasteiger partial charge in [0.1, 0.15) is 0 Å². The van der Waals surface area contributed by atoms with Crippen LogP contribution >= 0.6 is 0 Å². The van der Waals surface area contributed by atoms with Gasteiger partial charge in [0.05, 0.1) is 31.1 Å². The second-order valence-corrected chi connectivity index (χ2v) is 8.82. The average Bonchev–Trinajstić information content (AvgIpc) is 3.19. The SMILES string of the molecule is COCCN1[C@@H]2CN(Cc3ccc4c(c3)OCO4)C[C@@H]2OCCS1(=O)=O. The number of likely N-dealkylation sites (tertiary alicyclic amines) is 1. The van der Waals surface area contributed by atoms with Gasteiger partial charge in [-0.2, -0.15) is 4.31 Å². The van der Waals surface area contributed by atoms with Gasteiger partial charge in [-0.1, -0.05) is 6.07 Å². The third kappa shape index (κ3) is 3.54. The molecule has 1 aromatic rings. The largest absolute Gasteiger partial charge is 0.454 e. The first kappa shape index (κ1) is 18.0. The number of sulfonamides is 1. The highest BCUT2D eigenvalue weighted by molar-refractivity contribution is 7.89. The van der Waals surface area contributed by atoms with Gasteiger partial charge in [0, 0.05) is 33.3 Å². The van der Waals surface area contributed by atoms with Crippen LogP contribution in [-0.2, 0) is 26.0 Å². The van der Waals surface area contributed by atoms with Crippen LogP contribution in [0.25, 0.3) is 0 Å². The summed E-state index contributed by atoms with van der Waals surface area (Å²) in [6, 6.07) is 5.74. The Morgan fingerprint density at radius 1 is 1.23 bits per heavy atom. The molecule has 2 saturated heterocycles. The second kappa shape index (κ2) is 7.32. The van der Waals surface area contributed by atoms with Gasteiger partial charge in [0.2, 0.25) is 16.8 Å². The third-order valence-corrected chi connectivity index (χ3v) is 6.92. The number of methoxy groups -OCH3 is 1. The number of fused-ring (bicyclic) bond motifs is 2. The molecule has 0 N–H and O–H groups in total. The normalized spacial score (nSPS) is 28.0. The molecule has 0 radical (unpaired) electrons. The molecular weight excluding hydrogens is 360 g/mol. The summed E-state index contributed by atoms with van der Waals surface area (Å²) in [4.78, 5) is 2.23. The Kier molecular flexibility index (Phi) is 5.07. The van der Waals surface area contributed by atoms with Crippen molar-refractivity contribution >= 4 is 10.0 Å². The van der Waals surface area contributed by atoms with Gasteiger partial charge in [-0.15, -0.1) is 0 Å². The van der Waals surface area contributed by atoms with Crippen molar-refractivity contribution in [1.82, 2.24) is 9.21 Å². The first-order valence-electron chi connectivity index (χ1n) is 8.78. The van der Waals surface area contributed by atoms with E-state index >= 15 is 0 Å². The molecule has 0 aromatic heterocycles. The van der Waals surface area contributed by atoms with Crippen LogP contribution in [0.2, 0.25) is 0 Å². The van der Waals surface area contributed by atoms with E-state index < -0.39 is 10.0 Å². The molecule has 1 aromatic carbocycles. The van der Waals surface area contributed by atoms with Gasteiger partial charge in [0.15, 0.2) is 11.5 Å². The Balaban J connectivity index is 1.48. The predicted octanol–water partition coefficient (Wildman–Crippen LogP) is 0.277. The van der Waals surface area contributed by atoms with Crippen LogP contribution in [0.5, 0.6) is 11.5 Å². The topological polar surface area (TPSA) is 77.5 Å². The first-order chi connectivity index (χ1) is 12.6. The Hall–Kier alpha value is -1.39. The fourth-order valence-corrected chi connectivity index (χ4v) is 5.32. The lowest BCUT2D eigenvalue weighted by Gasteiger charge is -2.28. The standard InChI is InChI=1S/C17H24N2O6S/c1-22-5-4-19-14-10-18(11-17(14)23-6-7-26(19,20)21)9-13-2-3-15-16(8-13)25-12-24-15/h2-3,8,14,17H,4-7,9-12H2,1H3/t14-,17+/m1/s1. The summed E-state index contributed by atoms with van der Waals surface area (Å²) < 4.78 is 48.5. The van der Waals surface area contributed by atoms with Crippen LogP contribution in [-0.4, -0.2) is 82.3 Å². The van der Waals surface area contributed by atoms with E-state index in [-0.39, 0.29) is 31.3 Å². The van der Waals surface area contributed by atoms with Crippen molar-refractivity contribution in [3.8, 4) is 11.5 Å². The lowest BCUT2D eigenvalue weighted by molar-refractivity contribution is 0.0431. The number of benzene rings is 1. The fraction of sp³-hybridized carbons (Fsp3) is 0.647. The zero-order valence-electron chi connectivity index (χ0n) is 14.8. The Labute approximate surface area is 153 Å². The monoisotopic (exact) mass is 384 g/mol. The van der Waals surface area contributed by atoms with E-state index in [0.717, 1.165) is 17.1 Å². The van der Waals surface area contributed by atoms with Gasteiger partial charge < -0.3 is 18.9 Å².